The van der Waals surface area contributed by atoms with E-state index < -0.39 is 97.5 Å². The molecule has 17 nitrogen and oxygen atoms in total. The summed E-state index contributed by atoms with van der Waals surface area (Å²) in [5.74, 6) is -0.584. The van der Waals surface area contributed by atoms with Crippen LogP contribution in [0.25, 0.3) is 0 Å². The van der Waals surface area contributed by atoms with Crippen molar-refractivity contribution in [2.24, 2.45) is 11.8 Å². The molecule has 0 aliphatic carbocycles. The van der Waals surface area contributed by atoms with Gasteiger partial charge in [0.2, 0.25) is 0 Å². The summed E-state index contributed by atoms with van der Waals surface area (Å²) in [5.41, 5.74) is 0. The van der Waals surface area contributed by atoms with Gasteiger partial charge in [-0.1, -0.05) is 330 Å². The Hall–Kier alpha value is -1.94. The minimum absolute atomic E-state index is 0.104. The summed E-state index contributed by atoms with van der Waals surface area (Å²) in [6.07, 6.45) is 53.2. The lowest BCUT2D eigenvalue weighted by atomic mass is 10.0. The molecule has 0 spiro atoms. The molecule has 0 aromatic heterocycles. The number of hydrogen-bond acceptors (Lipinski definition) is 15. The molecule has 2 unspecified atom stereocenters. The Bertz CT molecular complexity index is 1800. The van der Waals surface area contributed by atoms with E-state index in [9.17, 15) is 43.2 Å². The highest BCUT2D eigenvalue weighted by molar-refractivity contribution is 7.47. The molecule has 0 aromatic carbocycles. The summed E-state index contributed by atoms with van der Waals surface area (Å²) >= 11 is 0. The SMILES string of the molecule is CCCCCCCCCCCCCCCCCCCC(=O)OC[C@H](COP(=O)(O)OC[C@@H](O)COP(=O)(O)OC[C@@H](COC(=O)CCCCCCC)OC(=O)CCCCCCCCCCCC(C)C)OC(=O)CCCCCCCCCCCCCCCCCCC(C)C. The van der Waals surface area contributed by atoms with Crippen LogP contribution in [0.4, 0.5) is 0 Å². The average molecular weight is 1370 g/mol. The lowest BCUT2D eigenvalue weighted by Crippen LogP contribution is -2.30. The van der Waals surface area contributed by atoms with Crippen LogP contribution in [0.5, 0.6) is 0 Å². The first-order chi connectivity index (χ1) is 44.9. The van der Waals surface area contributed by atoms with Gasteiger partial charge in [0.25, 0.3) is 0 Å². The fraction of sp³-hybridized carbons (Fsp3) is 0.946. The van der Waals surface area contributed by atoms with Crippen LogP contribution in [0.3, 0.4) is 0 Å². The van der Waals surface area contributed by atoms with Crippen LogP contribution in [-0.2, 0) is 65.4 Å². The van der Waals surface area contributed by atoms with E-state index in [1.807, 2.05) is 0 Å². The van der Waals surface area contributed by atoms with E-state index >= 15 is 0 Å². The number of aliphatic hydroxyl groups excluding tert-OH is 1. The van der Waals surface area contributed by atoms with Crippen LogP contribution >= 0.6 is 15.6 Å². The molecule has 0 amide bonds. The molecule has 0 aromatic rings. The molecule has 0 saturated carbocycles. The number of phosphoric ester groups is 2. The first-order valence-electron chi connectivity index (χ1n) is 38.5. The summed E-state index contributed by atoms with van der Waals surface area (Å²) in [4.78, 5) is 72.4. The molecule has 5 atom stereocenters. The van der Waals surface area contributed by atoms with Gasteiger partial charge < -0.3 is 33.8 Å². The molecule has 93 heavy (non-hydrogen) atoms. The maximum Gasteiger partial charge on any atom is 0.472 e. The zero-order valence-corrected chi connectivity index (χ0v) is 62.3. The van der Waals surface area contributed by atoms with E-state index in [1.54, 1.807) is 0 Å². The molecular weight excluding hydrogens is 1220 g/mol. The number of carbonyl (C=O) groups is 4. The van der Waals surface area contributed by atoms with E-state index in [0.29, 0.717) is 25.7 Å². The normalized spacial score (nSPS) is 14.1. The second-order valence-corrected chi connectivity index (χ2v) is 30.5. The second-order valence-electron chi connectivity index (χ2n) is 27.6. The second kappa shape index (κ2) is 66.0. The van der Waals surface area contributed by atoms with Gasteiger partial charge >= 0.3 is 39.5 Å². The predicted molar refractivity (Wildman–Crippen MR) is 377 cm³/mol. The van der Waals surface area contributed by atoms with Crippen molar-refractivity contribution in [2.75, 3.05) is 39.6 Å². The molecule has 0 aliphatic rings. The van der Waals surface area contributed by atoms with E-state index in [0.717, 1.165) is 108 Å². The van der Waals surface area contributed by atoms with Crippen molar-refractivity contribution in [3.05, 3.63) is 0 Å². The molecule has 0 heterocycles. The highest BCUT2D eigenvalue weighted by Gasteiger charge is 2.30. The third-order valence-corrected chi connectivity index (χ3v) is 19.1. The summed E-state index contributed by atoms with van der Waals surface area (Å²) in [6, 6.07) is 0. The van der Waals surface area contributed by atoms with Crippen molar-refractivity contribution in [3.8, 4) is 0 Å². The quantitative estimate of drug-likeness (QED) is 0.0222. The topological polar surface area (TPSA) is 237 Å². The predicted octanol–water partition coefficient (Wildman–Crippen LogP) is 21.6. The molecule has 0 radical (unpaired) electrons. The molecule has 3 N–H and O–H groups in total. The highest BCUT2D eigenvalue weighted by atomic mass is 31.2. The zero-order chi connectivity index (χ0) is 68.6. The maximum absolute atomic E-state index is 13.1. The number of phosphoric acid groups is 2. The number of aliphatic hydroxyl groups is 1. The van der Waals surface area contributed by atoms with Crippen LogP contribution in [0.2, 0.25) is 0 Å². The molecule has 0 fully saturated rings. The Labute approximate surface area is 568 Å². The number of esters is 4. The van der Waals surface area contributed by atoms with Crippen molar-refractivity contribution < 1.29 is 80.2 Å². The van der Waals surface area contributed by atoms with Crippen molar-refractivity contribution in [3.63, 3.8) is 0 Å². The Morgan fingerprint density at radius 1 is 0.290 bits per heavy atom. The van der Waals surface area contributed by atoms with Gasteiger partial charge in [0, 0.05) is 25.7 Å². The minimum Gasteiger partial charge on any atom is -0.462 e. The standard InChI is InChI=1S/C74H144O17P2/c1-7-9-11-13-14-15-16-17-18-19-23-26-29-34-39-45-51-57-72(77)85-63-70(91-73(78)58-52-46-40-35-30-27-24-21-20-22-25-28-32-37-43-48-54-66(3)4)65-89-93(82,83)87-61-68(75)60-86-92(80,81)88-64-69(62-84-71(76)56-50-42-12-10-8-2)90-74(79)59-53-47-41-36-31-33-38-44-49-55-67(5)6/h66-70,75H,7-65H2,1-6H3,(H,80,81)(H,82,83)/t68-,69+,70+/m0/s1. The molecule has 19 heteroatoms. The van der Waals surface area contributed by atoms with Crippen molar-refractivity contribution in [2.45, 2.75) is 400 Å². The summed E-state index contributed by atoms with van der Waals surface area (Å²) < 4.78 is 68.2. The lowest BCUT2D eigenvalue weighted by Gasteiger charge is -2.21. The van der Waals surface area contributed by atoms with Gasteiger partial charge in [-0.25, -0.2) is 9.13 Å². The van der Waals surface area contributed by atoms with Crippen LogP contribution in [0.1, 0.15) is 382 Å². The first-order valence-corrected chi connectivity index (χ1v) is 41.5. The molecular formula is C74H144O17P2. The Balaban J connectivity index is 5.14. The molecule has 0 bridgehead atoms. The summed E-state index contributed by atoms with van der Waals surface area (Å²) in [6.45, 7) is 9.50. The maximum atomic E-state index is 13.1. The fourth-order valence-corrected chi connectivity index (χ4v) is 12.9. The number of unbranched alkanes of at least 4 members (excludes halogenated alkanes) is 43. The average Bonchev–Trinajstić information content (AvgIpc) is 2.10. The van der Waals surface area contributed by atoms with Gasteiger partial charge in [-0.15, -0.1) is 0 Å². The highest BCUT2D eigenvalue weighted by Crippen LogP contribution is 2.45. The smallest absolute Gasteiger partial charge is 0.462 e. The molecule has 0 rings (SSSR count). The minimum atomic E-state index is -4.95. The number of hydrogen-bond donors (Lipinski definition) is 3. The van der Waals surface area contributed by atoms with Crippen LogP contribution < -0.4 is 0 Å². The molecule has 0 aliphatic heterocycles. The van der Waals surface area contributed by atoms with Crippen LogP contribution in [0.15, 0.2) is 0 Å². The number of rotatable bonds is 73. The Morgan fingerprint density at radius 3 is 0.731 bits per heavy atom. The Morgan fingerprint density at radius 2 is 0.495 bits per heavy atom. The van der Waals surface area contributed by atoms with Gasteiger partial charge in [-0.05, 0) is 37.5 Å². The third kappa shape index (κ3) is 68.4. The number of carbonyl (C=O) groups excluding carboxylic acids is 4. The lowest BCUT2D eigenvalue weighted by molar-refractivity contribution is -0.161. The first kappa shape index (κ1) is 91.1. The third-order valence-electron chi connectivity index (χ3n) is 17.2. The largest absolute Gasteiger partial charge is 0.472 e. The zero-order valence-electron chi connectivity index (χ0n) is 60.6. The van der Waals surface area contributed by atoms with Crippen molar-refractivity contribution >= 4 is 39.5 Å². The van der Waals surface area contributed by atoms with Gasteiger partial charge in [-0.3, -0.25) is 37.3 Å². The van der Waals surface area contributed by atoms with Gasteiger partial charge in [-0.2, -0.15) is 0 Å². The summed E-state index contributed by atoms with van der Waals surface area (Å²) in [5, 5.41) is 10.6. The van der Waals surface area contributed by atoms with E-state index in [4.69, 9.17) is 37.0 Å². The van der Waals surface area contributed by atoms with E-state index in [1.165, 1.54) is 193 Å². The monoisotopic (exact) mass is 1370 g/mol. The molecule has 552 valence electrons. The summed E-state index contributed by atoms with van der Waals surface area (Å²) in [7, 11) is -9.90. The van der Waals surface area contributed by atoms with Crippen LogP contribution in [0, 0.1) is 11.8 Å². The Kier molecular flexibility index (Phi) is 64.6. The van der Waals surface area contributed by atoms with E-state index in [-0.39, 0.29) is 25.7 Å². The van der Waals surface area contributed by atoms with E-state index in [2.05, 4.69) is 41.5 Å². The fourth-order valence-electron chi connectivity index (χ4n) is 11.3. The van der Waals surface area contributed by atoms with Gasteiger partial charge in [0.1, 0.15) is 19.3 Å². The van der Waals surface area contributed by atoms with Crippen LogP contribution in [-0.4, -0.2) is 96.7 Å². The van der Waals surface area contributed by atoms with Crippen molar-refractivity contribution in [1.82, 2.24) is 0 Å². The van der Waals surface area contributed by atoms with Gasteiger partial charge in [0.05, 0.1) is 26.4 Å². The van der Waals surface area contributed by atoms with Crippen molar-refractivity contribution in [1.29, 1.82) is 0 Å². The molecule has 0 saturated heterocycles. The van der Waals surface area contributed by atoms with Gasteiger partial charge in [0.15, 0.2) is 12.2 Å². The number of ether oxygens (including phenoxy) is 4.